The van der Waals surface area contributed by atoms with E-state index in [1.807, 2.05) is 63.8 Å². The van der Waals surface area contributed by atoms with Crippen LogP contribution in [-0.2, 0) is 13.3 Å². The average molecular weight is 495 g/mol. The number of nitrogens with zero attached hydrogens (tertiary/aromatic N) is 1. The van der Waals surface area contributed by atoms with Gasteiger partial charge in [-0.3, -0.25) is 4.90 Å². The van der Waals surface area contributed by atoms with Crippen molar-refractivity contribution in [3.63, 3.8) is 0 Å². The maximum absolute atomic E-state index is 11.9. The van der Waals surface area contributed by atoms with Gasteiger partial charge >= 0.3 is 18.3 Å². The highest BCUT2D eigenvalue weighted by Crippen LogP contribution is 2.04. The first-order valence-corrected chi connectivity index (χ1v) is 20.8. The van der Waals surface area contributed by atoms with E-state index in [1.165, 1.54) is 0 Å². The lowest BCUT2D eigenvalue weighted by Gasteiger charge is -2.24. The molecule has 0 heterocycles. The van der Waals surface area contributed by atoms with Crippen molar-refractivity contribution < 1.29 is 27.7 Å². The van der Waals surface area contributed by atoms with Crippen molar-refractivity contribution in [2.45, 2.75) is 58.9 Å². The maximum Gasteiger partial charge on any atom is 0.393 e. The summed E-state index contributed by atoms with van der Waals surface area (Å²) in [6.07, 6.45) is -1.27. The molecule has 3 amide bonds. The minimum Gasteiger partial charge on any atom is -0.504 e. The Morgan fingerprint density at radius 1 is 0.548 bits per heavy atom. The molecular weight excluding hydrogens is 452 g/mol. The van der Waals surface area contributed by atoms with Crippen LogP contribution in [0, 0.1) is 0 Å². The summed E-state index contributed by atoms with van der Waals surface area (Å²) in [7, 11) is -5.84. The van der Waals surface area contributed by atoms with Crippen LogP contribution in [0.2, 0.25) is 58.9 Å². The predicted octanol–water partition coefficient (Wildman–Crippen LogP) is 2.97. The molecule has 0 saturated carbocycles. The van der Waals surface area contributed by atoms with Gasteiger partial charge in [0.1, 0.15) is 0 Å². The number of nitrogens with one attached hydrogen (secondary N) is 3. The van der Waals surface area contributed by atoms with E-state index in [2.05, 4.69) is 16.0 Å². The summed E-state index contributed by atoms with van der Waals surface area (Å²) in [5.41, 5.74) is 0. The number of hydrogen-bond donors (Lipinski definition) is 3. The van der Waals surface area contributed by atoms with E-state index in [4.69, 9.17) is 13.3 Å². The molecule has 0 aliphatic rings. The molecule has 0 aromatic rings. The van der Waals surface area contributed by atoms with Gasteiger partial charge in [0, 0.05) is 39.3 Å². The fourth-order valence-corrected chi connectivity index (χ4v) is 4.11. The van der Waals surface area contributed by atoms with Gasteiger partial charge in [0.2, 0.25) is 25.0 Å². The van der Waals surface area contributed by atoms with Crippen LogP contribution in [-0.4, -0.2) is 87.4 Å². The summed E-state index contributed by atoms with van der Waals surface area (Å²) in [6.45, 7) is 20.2. The van der Waals surface area contributed by atoms with Gasteiger partial charge in [0.05, 0.1) is 0 Å². The lowest BCUT2D eigenvalue weighted by Crippen LogP contribution is -2.45. The molecule has 0 aliphatic heterocycles. The van der Waals surface area contributed by atoms with Crippen LogP contribution in [0.5, 0.6) is 0 Å². The predicted molar refractivity (Wildman–Crippen MR) is 130 cm³/mol. The highest BCUT2D eigenvalue weighted by atomic mass is 28.4. The standard InChI is InChI=1S/C18H42N4O6Si3/c1-29(2,3)26-16(23)19-10-13-22(14-11-20-17(24)27-30(4,5)6)15-12-21-18(25)28-31(7,8)9/h10-15H2,1-9H3,(H,19,23)(H,20,24)(H,21,25). The molecule has 13 heteroatoms. The van der Waals surface area contributed by atoms with Crippen molar-refractivity contribution in [2.24, 2.45) is 0 Å². The van der Waals surface area contributed by atoms with E-state index in [0.29, 0.717) is 39.3 Å². The third kappa shape index (κ3) is 20.1. The normalized spacial score (nSPS) is 12.2. The number of carbonyl (C=O) groups is 3. The lowest BCUT2D eigenvalue weighted by atomic mass is 10.4. The smallest absolute Gasteiger partial charge is 0.393 e. The van der Waals surface area contributed by atoms with Crippen LogP contribution in [0.15, 0.2) is 0 Å². The van der Waals surface area contributed by atoms with Crippen molar-refractivity contribution in [3.8, 4) is 0 Å². The Bertz CT molecular complexity index is 507. The topological polar surface area (TPSA) is 118 Å². The van der Waals surface area contributed by atoms with Gasteiger partial charge in [0.15, 0.2) is 0 Å². The molecule has 0 unspecified atom stereocenters. The van der Waals surface area contributed by atoms with Crippen LogP contribution in [0.1, 0.15) is 0 Å². The minimum absolute atomic E-state index is 0.391. The molecular formula is C18H42N4O6Si3. The Balaban J connectivity index is 4.55. The van der Waals surface area contributed by atoms with Gasteiger partial charge < -0.3 is 29.2 Å². The van der Waals surface area contributed by atoms with Gasteiger partial charge in [-0.25, -0.2) is 14.4 Å². The summed E-state index contributed by atoms with van der Waals surface area (Å²) in [4.78, 5) is 37.6. The number of carbonyl (C=O) groups excluding carboxylic acids is 3. The van der Waals surface area contributed by atoms with Crippen molar-refractivity contribution in [2.75, 3.05) is 39.3 Å². The first-order valence-electron chi connectivity index (χ1n) is 10.6. The van der Waals surface area contributed by atoms with Gasteiger partial charge in [-0.2, -0.15) is 0 Å². The second-order valence-electron chi connectivity index (χ2n) is 10.1. The third-order valence-corrected chi connectivity index (χ3v) is 5.68. The van der Waals surface area contributed by atoms with Gasteiger partial charge in [0.25, 0.3) is 0 Å². The molecule has 10 nitrogen and oxygen atoms in total. The van der Waals surface area contributed by atoms with Crippen LogP contribution in [0.25, 0.3) is 0 Å². The summed E-state index contributed by atoms with van der Waals surface area (Å²) >= 11 is 0. The van der Waals surface area contributed by atoms with E-state index in [1.54, 1.807) is 0 Å². The largest absolute Gasteiger partial charge is 0.504 e. The molecule has 0 aromatic carbocycles. The quantitative estimate of drug-likeness (QED) is 0.357. The second-order valence-corrected chi connectivity index (χ2v) is 23.4. The van der Waals surface area contributed by atoms with E-state index in [-0.39, 0.29) is 0 Å². The first-order chi connectivity index (χ1) is 14.0. The Kier molecular flexibility index (Phi) is 12.4. The first kappa shape index (κ1) is 29.4. The molecule has 0 radical (unpaired) electrons. The summed E-state index contributed by atoms with van der Waals surface area (Å²) in [5, 5.41) is 8.25. The molecule has 0 saturated heterocycles. The zero-order valence-corrected chi connectivity index (χ0v) is 23.6. The molecule has 31 heavy (non-hydrogen) atoms. The summed E-state index contributed by atoms with van der Waals surface area (Å²) in [5.74, 6) is 0. The van der Waals surface area contributed by atoms with E-state index in [9.17, 15) is 14.4 Å². The zero-order valence-electron chi connectivity index (χ0n) is 20.6. The molecule has 0 fully saturated rings. The molecule has 3 N–H and O–H groups in total. The Morgan fingerprint density at radius 3 is 0.968 bits per heavy atom. The summed E-state index contributed by atoms with van der Waals surface area (Å²) in [6, 6.07) is 0. The Morgan fingerprint density at radius 2 is 0.774 bits per heavy atom. The van der Waals surface area contributed by atoms with E-state index in [0.717, 1.165) is 0 Å². The lowest BCUT2D eigenvalue weighted by molar-refractivity contribution is 0.190. The van der Waals surface area contributed by atoms with Crippen molar-refractivity contribution in [3.05, 3.63) is 0 Å². The molecule has 0 aromatic heterocycles. The van der Waals surface area contributed by atoms with E-state index < -0.39 is 43.2 Å². The number of rotatable bonds is 12. The number of amides is 3. The molecule has 0 rings (SSSR count). The Hall–Kier alpha value is -1.58. The van der Waals surface area contributed by atoms with E-state index >= 15 is 0 Å². The SMILES string of the molecule is C[Si](C)(C)OC(=O)NCCN(CCNC(=O)O[Si](C)(C)C)CCNC(=O)O[Si](C)(C)C. The molecule has 0 atom stereocenters. The average Bonchev–Trinajstić information content (AvgIpc) is 2.49. The van der Waals surface area contributed by atoms with Gasteiger partial charge in [-0.1, -0.05) is 0 Å². The van der Waals surface area contributed by atoms with Crippen LogP contribution in [0.4, 0.5) is 14.4 Å². The fourth-order valence-electron chi connectivity index (χ4n) is 2.23. The molecule has 0 spiro atoms. The van der Waals surface area contributed by atoms with Crippen LogP contribution in [0.3, 0.4) is 0 Å². The third-order valence-electron chi connectivity index (χ3n) is 3.29. The number of hydrogen-bond acceptors (Lipinski definition) is 7. The fraction of sp³-hybridized carbons (Fsp3) is 0.833. The van der Waals surface area contributed by atoms with Gasteiger partial charge in [-0.05, 0) is 58.9 Å². The Labute approximate surface area is 190 Å². The maximum atomic E-state index is 11.9. The minimum atomic E-state index is -1.95. The van der Waals surface area contributed by atoms with Crippen molar-refractivity contribution >= 4 is 43.2 Å². The van der Waals surface area contributed by atoms with Crippen molar-refractivity contribution in [1.29, 1.82) is 0 Å². The van der Waals surface area contributed by atoms with Crippen LogP contribution < -0.4 is 16.0 Å². The summed E-state index contributed by atoms with van der Waals surface area (Å²) < 4.78 is 16.1. The molecule has 0 bridgehead atoms. The molecule has 0 aliphatic carbocycles. The van der Waals surface area contributed by atoms with Crippen molar-refractivity contribution in [1.82, 2.24) is 20.9 Å². The monoisotopic (exact) mass is 494 g/mol. The van der Waals surface area contributed by atoms with Crippen LogP contribution >= 0.6 is 0 Å². The zero-order chi connectivity index (χ0) is 24.3. The molecule has 182 valence electrons. The highest BCUT2D eigenvalue weighted by Gasteiger charge is 2.22. The highest BCUT2D eigenvalue weighted by molar-refractivity contribution is 6.71. The second kappa shape index (κ2) is 13.1. The van der Waals surface area contributed by atoms with Gasteiger partial charge in [-0.15, -0.1) is 0 Å².